The summed E-state index contributed by atoms with van der Waals surface area (Å²) in [6, 6.07) is 13.3. The highest BCUT2D eigenvalue weighted by Crippen LogP contribution is 2.31. The summed E-state index contributed by atoms with van der Waals surface area (Å²) in [5, 5.41) is 7.48. The third kappa shape index (κ3) is 4.87. The molecule has 10 heteroatoms. The number of nitrogens with one attached hydrogen (secondary N) is 1. The summed E-state index contributed by atoms with van der Waals surface area (Å²) in [7, 11) is 0. The van der Waals surface area contributed by atoms with Crippen molar-refractivity contribution in [3.05, 3.63) is 98.9 Å². The van der Waals surface area contributed by atoms with Gasteiger partial charge in [0.2, 0.25) is 0 Å². The van der Waals surface area contributed by atoms with Crippen molar-refractivity contribution in [3.63, 3.8) is 0 Å². The molecule has 36 heavy (non-hydrogen) atoms. The summed E-state index contributed by atoms with van der Waals surface area (Å²) >= 11 is 12.9. The summed E-state index contributed by atoms with van der Waals surface area (Å²) < 4.78 is 15.6. The fraction of sp³-hybridized carbons (Fsp3) is 0.192. The molecule has 1 aliphatic heterocycles. The summed E-state index contributed by atoms with van der Waals surface area (Å²) in [6.07, 6.45) is 2.29. The highest BCUT2D eigenvalue weighted by Gasteiger charge is 2.23. The lowest BCUT2D eigenvalue weighted by atomic mass is 9.94. The van der Waals surface area contributed by atoms with E-state index < -0.39 is 11.8 Å². The minimum Gasteiger partial charge on any atom is -0.351 e. The molecule has 1 amide bonds. The summed E-state index contributed by atoms with van der Waals surface area (Å²) in [5.41, 5.74) is 4.10. The standard InChI is InChI=1S/C26H21Cl2FN6O/c1-14-8-17-6-7-23(33-25(17)32-14)20(16-4-3-5-18(29)9-16)12-30-26(36)24-21(27)10-19(11-22(24)28)35-13-31-15(2)34-35/h3-7,9-11,13,20H,8,12H2,1-2H3,(H,30,36)/t20-/m0/s1. The third-order valence-corrected chi connectivity index (χ3v) is 6.52. The monoisotopic (exact) mass is 522 g/mol. The first-order valence-electron chi connectivity index (χ1n) is 11.2. The average molecular weight is 523 g/mol. The Morgan fingerprint density at radius 2 is 1.92 bits per heavy atom. The number of fused-ring (bicyclic) bond motifs is 1. The quantitative estimate of drug-likeness (QED) is 0.355. The molecule has 0 saturated heterocycles. The Morgan fingerprint density at radius 1 is 1.14 bits per heavy atom. The van der Waals surface area contributed by atoms with Crippen LogP contribution in [0.2, 0.25) is 10.0 Å². The number of aromatic nitrogens is 4. The van der Waals surface area contributed by atoms with Gasteiger partial charge in [0.15, 0.2) is 5.82 Å². The van der Waals surface area contributed by atoms with Gasteiger partial charge in [-0.05, 0) is 49.7 Å². The van der Waals surface area contributed by atoms with Gasteiger partial charge in [-0.3, -0.25) is 4.79 Å². The number of nitrogens with zero attached hydrogens (tertiary/aromatic N) is 5. The van der Waals surface area contributed by atoms with Crippen LogP contribution in [-0.2, 0) is 6.42 Å². The van der Waals surface area contributed by atoms with Crippen LogP contribution in [0.4, 0.5) is 10.2 Å². The molecule has 0 spiro atoms. The van der Waals surface area contributed by atoms with Crippen LogP contribution in [0.5, 0.6) is 0 Å². The Hall–Kier alpha value is -3.62. The van der Waals surface area contributed by atoms with Gasteiger partial charge >= 0.3 is 0 Å². The van der Waals surface area contributed by atoms with Crippen LogP contribution in [0.25, 0.3) is 5.69 Å². The molecule has 182 valence electrons. The molecule has 0 aliphatic carbocycles. The van der Waals surface area contributed by atoms with E-state index in [2.05, 4.69) is 20.4 Å². The Bertz CT molecular complexity index is 1490. The van der Waals surface area contributed by atoms with Crippen molar-refractivity contribution in [1.29, 1.82) is 0 Å². The normalized spacial score (nSPS) is 13.3. The number of hydrogen-bond acceptors (Lipinski definition) is 5. The molecular weight excluding hydrogens is 502 g/mol. The molecule has 7 nitrogen and oxygen atoms in total. The number of halogens is 3. The SMILES string of the molecule is CC1=Nc2nc([C@@H](CNC(=O)c3c(Cl)cc(-n4cnc(C)n4)cc3Cl)c3cccc(F)c3)ccc2C1. The number of pyridine rings is 1. The number of carbonyl (C=O) groups excluding carboxylic acids is 1. The molecule has 0 radical (unpaired) electrons. The van der Waals surface area contributed by atoms with E-state index in [0.29, 0.717) is 28.6 Å². The van der Waals surface area contributed by atoms with Crippen molar-refractivity contribution in [2.45, 2.75) is 26.2 Å². The maximum absolute atomic E-state index is 14.1. The van der Waals surface area contributed by atoms with Crippen molar-refractivity contribution in [1.82, 2.24) is 25.1 Å². The van der Waals surface area contributed by atoms with Crippen LogP contribution in [-0.4, -0.2) is 37.9 Å². The van der Waals surface area contributed by atoms with E-state index in [1.807, 2.05) is 19.1 Å². The van der Waals surface area contributed by atoms with E-state index in [0.717, 1.165) is 17.7 Å². The number of aliphatic imine (C=N–C) groups is 1. The molecule has 0 bridgehead atoms. The van der Waals surface area contributed by atoms with Gasteiger partial charge in [-0.1, -0.05) is 41.4 Å². The molecule has 0 saturated carbocycles. The van der Waals surface area contributed by atoms with E-state index in [9.17, 15) is 9.18 Å². The second kappa shape index (κ2) is 9.79. The fourth-order valence-electron chi connectivity index (χ4n) is 4.20. The predicted octanol–water partition coefficient (Wildman–Crippen LogP) is 5.63. The lowest BCUT2D eigenvalue weighted by Crippen LogP contribution is -2.30. The van der Waals surface area contributed by atoms with Gasteiger partial charge in [0, 0.05) is 30.2 Å². The molecular formula is C26H21Cl2FN6O. The van der Waals surface area contributed by atoms with E-state index >= 15 is 0 Å². The van der Waals surface area contributed by atoms with Crippen LogP contribution in [0.1, 0.15) is 45.8 Å². The number of amides is 1. The molecule has 2 aromatic heterocycles. The summed E-state index contributed by atoms with van der Waals surface area (Å²) in [4.78, 5) is 26.5. The van der Waals surface area contributed by atoms with Crippen molar-refractivity contribution in [2.24, 2.45) is 4.99 Å². The Balaban J connectivity index is 1.42. The van der Waals surface area contributed by atoms with Crippen LogP contribution < -0.4 is 5.32 Å². The molecule has 0 unspecified atom stereocenters. The van der Waals surface area contributed by atoms with E-state index in [4.69, 9.17) is 28.2 Å². The van der Waals surface area contributed by atoms with E-state index in [1.165, 1.54) is 23.1 Å². The van der Waals surface area contributed by atoms with Gasteiger partial charge < -0.3 is 5.32 Å². The van der Waals surface area contributed by atoms with Crippen molar-refractivity contribution < 1.29 is 9.18 Å². The van der Waals surface area contributed by atoms with Crippen LogP contribution >= 0.6 is 23.2 Å². The molecule has 2 aromatic carbocycles. The first kappa shape index (κ1) is 24.1. The van der Waals surface area contributed by atoms with E-state index in [-0.39, 0.29) is 28.0 Å². The Morgan fingerprint density at radius 3 is 2.61 bits per heavy atom. The van der Waals surface area contributed by atoms with Gasteiger partial charge in [-0.15, -0.1) is 0 Å². The molecule has 5 rings (SSSR count). The van der Waals surface area contributed by atoms with Gasteiger partial charge in [0.05, 0.1) is 27.0 Å². The average Bonchev–Trinajstić information content (AvgIpc) is 3.43. The van der Waals surface area contributed by atoms with E-state index in [1.54, 1.807) is 31.2 Å². The minimum atomic E-state index is -0.456. The lowest BCUT2D eigenvalue weighted by Gasteiger charge is -2.19. The number of rotatable bonds is 6. The highest BCUT2D eigenvalue weighted by molar-refractivity contribution is 6.40. The third-order valence-electron chi connectivity index (χ3n) is 5.92. The van der Waals surface area contributed by atoms with Gasteiger partial charge in [0.25, 0.3) is 5.91 Å². The van der Waals surface area contributed by atoms with Crippen molar-refractivity contribution >= 4 is 40.6 Å². The Kier molecular flexibility index (Phi) is 6.55. The maximum Gasteiger partial charge on any atom is 0.254 e. The summed E-state index contributed by atoms with van der Waals surface area (Å²) in [6.45, 7) is 3.86. The van der Waals surface area contributed by atoms with Crippen LogP contribution in [0, 0.1) is 12.7 Å². The number of carbonyl (C=O) groups is 1. The van der Waals surface area contributed by atoms with Gasteiger partial charge in [-0.2, -0.15) is 5.10 Å². The summed E-state index contributed by atoms with van der Waals surface area (Å²) in [5.74, 6) is 0.00357. The second-order valence-electron chi connectivity index (χ2n) is 8.58. The zero-order valence-corrected chi connectivity index (χ0v) is 21.0. The first-order valence-corrected chi connectivity index (χ1v) is 12.0. The lowest BCUT2D eigenvalue weighted by molar-refractivity contribution is 0.0952. The smallest absolute Gasteiger partial charge is 0.254 e. The number of aryl methyl sites for hydroxylation is 1. The zero-order chi connectivity index (χ0) is 25.4. The number of hydrogen-bond donors (Lipinski definition) is 1. The van der Waals surface area contributed by atoms with Gasteiger partial charge in [-0.25, -0.2) is 24.0 Å². The first-order chi connectivity index (χ1) is 17.3. The fourth-order valence-corrected chi connectivity index (χ4v) is 4.84. The van der Waals surface area contributed by atoms with Crippen LogP contribution in [0.3, 0.4) is 0 Å². The molecule has 0 fully saturated rings. The minimum absolute atomic E-state index is 0.138. The second-order valence-corrected chi connectivity index (χ2v) is 9.40. The zero-order valence-electron chi connectivity index (χ0n) is 19.5. The molecule has 4 aromatic rings. The molecule has 1 atom stereocenters. The van der Waals surface area contributed by atoms with Crippen molar-refractivity contribution in [2.75, 3.05) is 6.54 Å². The predicted molar refractivity (Wildman–Crippen MR) is 137 cm³/mol. The largest absolute Gasteiger partial charge is 0.351 e. The molecule has 1 aliphatic rings. The number of benzene rings is 2. The van der Waals surface area contributed by atoms with Gasteiger partial charge in [0.1, 0.15) is 18.0 Å². The topological polar surface area (TPSA) is 85.1 Å². The molecule has 1 N–H and O–H groups in total. The maximum atomic E-state index is 14.1. The highest BCUT2D eigenvalue weighted by atomic mass is 35.5. The van der Waals surface area contributed by atoms with Crippen molar-refractivity contribution in [3.8, 4) is 5.69 Å². The van der Waals surface area contributed by atoms with Crippen LogP contribution in [0.15, 0.2) is 59.9 Å². The Labute approximate surface area is 217 Å². The molecule has 3 heterocycles.